The van der Waals surface area contributed by atoms with Crippen LogP contribution in [0, 0.1) is 5.92 Å². The van der Waals surface area contributed by atoms with Gasteiger partial charge in [0.15, 0.2) is 5.13 Å². The van der Waals surface area contributed by atoms with Gasteiger partial charge in [0.2, 0.25) is 0 Å². The van der Waals surface area contributed by atoms with Crippen molar-refractivity contribution in [2.75, 3.05) is 18.9 Å². The molecule has 3 N–H and O–H groups in total. The minimum absolute atomic E-state index is 0.245. The summed E-state index contributed by atoms with van der Waals surface area (Å²) >= 11 is 1.38. The fourth-order valence-electron chi connectivity index (χ4n) is 1.42. The Kier molecular flexibility index (Phi) is 5.37. The number of hydrogen-bond acceptors (Lipinski definition) is 5. The van der Waals surface area contributed by atoms with Gasteiger partial charge in [-0.3, -0.25) is 4.79 Å². The Morgan fingerprint density at radius 1 is 1.59 bits per heavy atom. The number of aliphatic hydroxyl groups is 1. The molecule has 0 saturated heterocycles. The third-order valence-corrected chi connectivity index (χ3v) is 3.05. The molecule has 0 spiro atoms. The van der Waals surface area contributed by atoms with Crippen LogP contribution in [-0.2, 0) is 0 Å². The molecule has 1 aromatic rings. The van der Waals surface area contributed by atoms with Gasteiger partial charge in [0, 0.05) is 19.0 Å². The molecule has 1 aromatic heterocycles. The summed E-state index contributed by atoms with van der Waals surface area (Å²) in [5, 5.41) is 17.6. The molecule has 1 heterocycles. The summed E-state index contributed by atoms with van der Waals surface area (Å²) < 4.78 is 0. The van der Waals surface area contributed by atoms with Gasteiger partial charge in [-0.1, -0.05) is 13.8 Å². The zero-order valence-corrected chi connectivity index (χ0v) is 11.2. The van der Waals surface area contributed by atoms with Gasteiger partial charge in [-0.15, -0.1) is 11.3 Å². The number of nitrogens with one attached hydrogen (secondary N) is 2. The molecule has 6 heteroatoms. The van der Waals surface area contributed by atoms with Crippen LogP contribution >= 0.6 is 11.3 Å². The number of amides is 1. The van der Waals surface area contributed by atoms with Crippen LogP contribution in [0.2, 0.25) is 0 Å². The number of rotatable bonds is 6. The van der Waals surface area contributed by atoms with Crippen molar-refractivity contribution in [3.63, 3.8) is 0 Å². The summed E-state index contributed by atoms with van der Waals surface area (Å²) in [5.74, 6) is 0.169. The molecule has 0 bridgehead atoms. The fraction of sp³-hybridized carbons (Fsp3) is 0.636. The van der Waals surface area contributed by atoms with Crippen LogP contribution in [-0.4, -0.2) is 35.7 Å². The molecule has 1 amide bonds. The first-order valence-corrected chi connectivity index (χ1v) is 6.50. The molecule has 0 aliphatic heterocycles. The van der Waals surface area contributed by atoms with Gasteiger partial charge in [0.1, 0.15) is 5.69 Å². The molecular weight excluding hydrogens is 238 g/mol. The Morgan fingerprint density at radius 2 is 2.29 bits per heavy atom. The van der Waals surface area contributed by atoms with Crippen LogP contribution in [0.5, 0.6) is 0 Å². The highest BCUT2D eigenvalue weighted by molar-refractivity contribution is 7.13. The predicted octanol–water partition coefficient (Wildman–Crippen LogP) is 1.32. The molecule has 0 aliphatic rings. The van der Waals surface area contributed by atoms with Crippen molar-refractivity contribution >= 4 is 22.4 Å². The first kappa shape index (κ1) is 13.9. The van der Waals surface area contributed by atoms with Gasteiger partial charge >= 0.3 is 0 Å². The molecule has 0 radical (unpaired) electrons. The maximum Gasteiger partial charge on any atom is 0.270 e. The Morgan fingerprint density at radius 3 is 2.82 bits per heavy atom. The van der Waals surface area contributed by atoms with E-state index >= 15 is 0 Å². The molecule has 0 fully saturated rings. The highest BCUT2D eigenvalue weighted by Gasteiger charge is 2.12. The van der Waals surface area contributed by atoms with E-state index in [1.54, 1.807) is 12.4 Å². The van der Waals surface area contributed by atoms with Crippen LogP contribution in [0.4, 0.5) is 5.13 Å². The SMILES string of the molecule is CNc1nc(C(=O)NCC(O)CC(C)C)cs1. The number of hydrogen-bond donors (Lipinski definition) is 3. The van der Waals surface area contributed by atoms with Crippen LogP contribution in [0.1, 0.15) is 30.8 Å². The zero-order valence-electron chi connectivity index (χ0n) is 10.4. The Hall–Kier alpha value is -1.14. The van der Waals surface area contributed by atoms with Crippen molar-refractivity contribution in [2.24, 2.45) is 5.92 Å². The Bertz CT molecular complexity index is 365. The molecule has 0 aromatic carbocycles. The monoisotopic (exact) mass is 257 g/mol. The summed E-state index contributed by atoms with van der Waals surface area (Å²) in [4.78, 5) is 15.7. The van der Waals surface area contributed by atoms with Crippen LogP contribution in [0.3, 0.4) is 0 Å². The van der Waals surface area contributed by atoms with Crippen LogP contribution in [0.25, 0.3) is 0 Å². The second-order valence-corrected chi connectivity index (χ2v) is 5.14. The second-order valence-electron chi connectivity index (χ2n) is 4.28. The second kappa shape index (κ2) is 6.56. The Balaban J connectivity index is 2.39. The minimum Gasteiger partial charge on any atom is -0.391 e. The lowest BCUT2D eigenvalue weighted by atomic mass is 10.1. The maximum atomic E-state index is 11.7. The highest BCUT2D eigenvalue weighted by Crippen LogP contribution is 2.14. The normalized spacial score (nSPS) is 12.5. The van der Waals surface area contributed by atoms with Crippen molar-refractivity contribution in [3.05, 3.63) is 11.1 Å². The van der Waals surface area contributed by atoms with Crippen LogP contribution < -0.4 is 10.6 Å². The quantitative estimate of drug-likeness (QED) is 0.718. The van der Waals surface area contributed by atoms with E-state index in [0.717, 1.165) is 0 Å². The average Bonchev–Trinajstić information content (AvgIpc) is 2.73. The van der Waals surface area contributed by atoms with E-state index in [1.807, 2.05) is 13.8 Å². The number of thiazole rings is 1. The predicted molar refractivity (Wildman–Crippen MR) is 69.5 cm³/mol. The number of carbonyl (C=O) groups excluding carboxylic acids is 1. The number of carbonyl (C=O) groups is 1. The van der Waals surface area contributed by atoms with Crippen molar-refractivity contribution in [3.8, 4) is 0 Å². The molecule has 1 atom stereocenters. The van der Waals surface area contributed by atoms with Crippen LogP contribution in [0.15, 0.2) is 5.38 Å². The summed E-state index contributed by atoms with van der Waals surface area (Å²) in [6.45, 7) is 4.33. The molecule has 5 nitrogen and oxygen atoms in total. The van der Waals surface area contributed by atoms with Gasteiger partial charge in [-0.2, -0.15) is 0 Å². The van der Waals surface area contributed by atoms with Crippen molar-refractivity contribution in [2.45, 2.75) is 26.4 Å². The molecular formula is C11H19N3O2S. The van der Waals surface area contributed by atoms with Gasteiger partial charge < -0.3 is 15.7 Å². The van der Waals surface area contributed by atoms with E-state index in [2.05, 4.69) is 15.6 Å². The molecule has 0 aliphatic carbocycles. The van der Waals surface area contributed by atoms with Gasteiger partial charge in [-0.25, -0.2) is 4.98 Å². The fourth-order valence-corrected chi connectivity index (χ4v) is 2.07. The lowest BCUT2D eigenvalue weighted by molar-refractivity contribution is 0.0896. The van der Waals surface area contributed by atoms with E-state index in [9.17, 15) is 9.90 Å². The van der Waals surface area contributed by atoms with E-state index in [-0.39, 0.29) is 12.5 Å². The Labute approximate surface area is 105 Å². The number of aromatic nitrogens is 1. The van der Waals surface area contributed by atoms with E-state index in [4.69, 9.17) is 0 Å². The molecule has 1 rings (SSSR count). The smallest absolute Gasteiger partial charge is 0.270 e. The van der Waals surface area contributed by atoms with E-state index in [0.29, 0.717) is 23.2 Å². The van der Waals surface area contributed by atoms with Gasteiger partial charge in [-0.05, 0) is 12.3 Å². The molecule has 17 heavy (non-hydrogen) atoms. The topological polar surface area (TPSA) is 74.2 Å². The number of aliphatic hydroxyl groups excluding tert-OH is 1. The lowest BCUT2D eigenvalue weighted by Crippen LogP contribution is -2.32. The van der Waals surface area contributed by atoms with E-state index < -0.39 is 6.10 Å². The van der Waals surface area contributed by atoms with Crippen molar-refractivity contribution in [1.82, 2.24) is 10.3 Å². The van der Waals surface area contributed by atoms with Crippen molar-refractivity contribution < 1.29 is 9.90 Å². The van der Waals surface area contributed by atoms with Gasteiger partial charge in [0.25, 0.3) is 5.91 Å². The minimum atomic E-state index is -0.499. The third-order valence-electron chi connectivity index (χ3n) is 2.19. The number of anilines is 1. The average molecular weight is 257 g/mol. The summed E-state index contributed by atoms with van der Waals surface area (Å²) in [6, 6.07) is 0. The first-order valence-electron chi connectivity index (χ1n) is 5.62. The summed E-state index contributed by atoms with van der Waals surface area (Å²) in [7, 11) is 1.76. The number of nitrogens with zero attached hydrogens (tertiary/aromatic N) is 1. The molecule has 96 valence electrons. The summed E-state index contributed by atoms with van der Waals surface area (Å²) in [5.41, 5.74) is 0.385. The van der Waals surface area contributed by atoms with E-state index in [1.165, 1.54) is 11.3 Å². The zero-order chi connectivity index (χ0) is 12.8. The molecule has 1 unspecified atom stereocenters. The first-order chi connectivity index (χ1) is 8.02. The highest BCUT2D eigenvalue weighted by atomic mass is 32.1. The maximum absolute atomic E-state index is 11.7. The standard InChI is InChI=1S/C11H19N3O2S/c1-7(2)4-8(15)5-13-10(16)9-6-17-11(12-3)14-9/h6-8,15H,4-5H2,1-3H3,(H,12,14)(H,13,16). The largest absolute Gasteiger partial charge is 0.391 e. The molecule has 0 saturated carbocycles. The third kappa shape index (κ3) is 4.70. The van der Waals surface area contributed by atoms with Gasteiger partial charge in [0.05, 0.1) is 6.10 Å². The summed E-state index contributed by atoms with van der Waals surface area (Å²) in [6.07, 6.45) is 0.181. The lowest BCUT2D eigenvalue weighted by Gasteiger charge is -2.13. The van der Waals surface area contributed by atoms with Crippen molar-refractivity contribution in [1.29, 1.82) is 0 Å².